The van der Waals surface area contributed by atoms with E-state index >= 15 is 0 Å². The van der Waals surface area contributed by atoms with E-state index in [1.165, 1.54) is 24.8 Å². The lowest BCUT2D eigenvalue weighted by atomic mass is 10.1. The van der Waals surface area contributed by atoms with Gasteiger partial charge in [-0.25, -0.2) is 0 Å². The van der Waals surface area contributed by atoms with Crippen LogP contribution in [0.3, 0.4) is 0 Å². The predicted octanol–water partition coefficient (Wildman–Crippen LogP) is 3.68. The van der Waals surface area contributed by atoms with E-state index < -0.39 is 0 Å². The zero-order valence-electron chi connectivity index (χ0n) is 12.7. The highest BCUT2D eigenvalue weighted by molar-refractivity contribution is 7.99. The molecule has 1 aromatic carbocycles. The first-order valence-electron chi connectivity index (χ1n) is 7.70. The Bertz CT molecular complexity index is 585. The highest BCUT2D eigenvalue weighted by Gasteiger charge is 2.21. The van der Waals surface area contributed by atoms with Crippen molar-refractivity contribution in [1.29, 1.82) is 0 Å². The molecule has 0 amide bonds. The Hall–Kier alpha value is -1.49. The fourth-order valence-electron chi connectivity index (χ4n) is 2.70. The van der Waals surface area contributed by atoms with Crippen molar-refractivity contribution in [2.45, 2.75) is 38.3 Å². The van der Waals surface area contributed by atoms with Gasteiger partial charge in [0.25, 0.3) is 0 Å². The molecular weight excluding hydrogens is 280 g/mol. The molecular formula is C16H22N4S. The third-order valence-corrected chi connectivity index (χ3v) is 4.63. The van der Waals surface area contributed by atoms with Crippen molar-refractivity contribution in [3.63, 3.8) is 0 Å². The Kier molecular flexibility index (Phi) is 4.48. The number of anilines is 1. The van der Waals surface area contributed by atoms with E-state index in [9.17, 15) is 0 Å². The maximum absolute atomic E-state index is 4.48. The molecule has 112 valence electrons. The number of hydrogen-bond acceptors (Lipinski definition) is 4. The smallest absolute Gasteiger partial charge is 0.232 e. The summed E-state index contributed by atoms with van der Waals surface area (Å²) in [5.41, 5.74) is 2.43. The second-order valence-corrected chi connectivity index (χ2v) is 6.67. The molecule has 1 aliphatic heterocycles. The van der Waals surface area contributed by atoms with Gasteiger partial charge in [0.1, 0.15) is 0 Å². The van der Waals surface area contributed by atoms with Crippen molar-refractivity contribution >= 4 is 17.7 Å². The van der Waals surface area contributed by atoms with Gasteiger partial charge in [-0.2, -0.15) is 0 Å². The quantitative estimate of drug-likeness (QED) is 0.807. The van der Waals surface area contributed by atoms with Gasteiger partial charge in [-0.15, -0.1) is 10.2 Å². The number of piperidine rings is 1. The highest BCUT2D eigenvalue weighted by atomic mass is 32.2. The molecule has 0 unspecified atom stereocenters. The van der Waals surface area contributed by atoms with Gasteiger partial charge in [-0.1, -0.05) is 36.4 Å². The lowest BCUT2D eigenvalue weighted by Gasteiger charge is -2.27. The number of aryl methyl sites for hydroxylation is 1. The number of thioether (sulfide) groups is 1. The summed E-state index contributed by atoms with van der Waals surface area (Å²) in [6.45, 7) is 6.43. The Labute approximate surface area is 130 Å². The van der Waals surface area contributed by atoms with E-state index in [-0.39, 0.29) is 0 Å². The van der Waals surface area contributed by atoms with E-state index in [4.69, 9.17) is 0 Å². The Morgan fingerprint density at radius 2 is 1.76 bits per heavy atom. The number of aromatic nitrogens is 3. The van der Waals surface area contributed by atoms with Crippen LogP contribution in [0, 0.1) is 6.92 Å². The fourth-order valence-corrected chi connectivity index (χ4v) is 3.38. The standard InChI is InChI=1S/C16H22N4S/c1-3-21-16-18-17-15(19-11-5-4-6-12-19)20(16)14-9-7-13(2)8-10-14/h7-10H,3-6,11-12H2,1-2H3. The molecule has 21 heavy (non-hydrogen) atoms. The van der Waals surface area contributed by atoms with Crippen LogP contribution in [0.2, 0.25) is 0 Å². The van der Waals surface area contributed by atoms with Crippen molar-refractivity contribution < 1.29 is 0 Å². The van der Waals surface area contributed by atoms with Crippen LogP contribution in [0.1, 0.15) is 31.7 Å². The number of nitrogens with zero attached hydrogens (tertiary/aromatic N) is 4. The van der Waals surface area contributed by atoms with E-state index in [1.54, 1.807) is 11.8 Å². The van der Waals surface area contributed by atoms with Crippen LogP contribution >= 0.6 is 11.8 Å². The molecule has 0 bridgehead atoms. The molecule has 0 N–H and O–H groups in total. The van der Waals surface area contributed by atoms with Crippen LogP contribution in [0.25, 0.3) is 5.69 Å². The second kappa shape index (κ2) is 6.52. The maximum atomic E-state index is 4.48. The minimum Gasteiger partial charge on any atom is -0.341 e. The Morgan fingerprint density at radius 3 is 2.43 bits per heavy atom. The summed E-state index contributed by atoms with van der Waals surface area (Å²) in [4.78, 5) is 2.37. The molecule has 3 rings (SSSR count). The lowest BCUT2D eigenvalue weighted by Crippen LogP contribution is -2.31. The van der Waals surface area contributed by atoms with Gasteiger partial charge in [0.15, 0.2) is 5.16 Å². The summed E-state index contributed by atoms with van der Waals surface area (Å²) in [7, 11) is 0. The minimum absolute atomic E-state index is 0.988. The van der Waals surface area contributed by atoms with E-state index in [0.29, 0.717) is 0 Å². The van der Waals surface area contributed by atoms with Crippen LogP contribution < -0.4 is 4.90 Å². The minimum atomic E-state index is 0.988. The summed E-state index contributed by atoms with van der Waals surface area (Å²) < 4.78 is 2.21. The van der Waals surface area contributed by atoms with Crippen LogP contribution in [0.5, 0.6) is 0 Å². The van der Waals surface area contributed by atoms with Gasteiger partial charge in [0, 0.05) is 13.1 Å². The van der Waals surface area contributed by atoms with Crippen molar-refractivity contribution in [3.8, 4) is 5.69 Å². The van der Waals surface area contributed by atoms with Gasteiger partial charge in [-0.3, -0.25) is 4.57 Å². The molecule has 1 aliphatic rings. The summed E-state index contributed by atoms with van der Waals surface area (Å²) in [6, 6.07) is 8.61. The maximum Gasteiger partial charge on any atom is 0.232 e. The fraction of sp³-hybridized carbons (Fsp3) is 0.500. The second-order valence-electron chi connectivity index (χ2n) is 5.43. The molecule has 0 saturated carbocycles. The van der Waals surface area contributed by atoms with Gasteiger partial charge in [0.05, 0.1) is 5.69 Å². The predicted molar refractivity (Wildman–Crippen MR) is 88.6 cm³/mol. The van der Waals surface area contributed by atoms with Crippen molar-refractivity contribution in [3.05, 3.63) is 29.8 Å². The first kappa shape index (κ1) is 14.4. The van der Waals surface area contributed by atoms with E-state index in [2.05, 4.69) is 57.8 Å². The van der Waals surface area contributed by atoms with E-state index in [0.717, 1.165) is 35.6 Å². The first-order valence-corrected chi connectivity index (χ1v) is 8.68. The normalized spacial score (nSPS) is 15.4. The van der Waals surface area contributed by atoms with Crippen LogP contribution in [0.4, 0.5) is 5.95 Å². The average molecular weight is 302 g/mol. The SMILES string of the molecule is CCSc1nnc(N2CCCCC2)n1-c1ccc(C)cc1. The molecule has 1 fully saturated rings. The van der Waals surface area contributed by atoms with Crippen molar-refractivity contribution in [1.82, 2.24) is 14.8 Å². The third-order valence-electron chi connectivity index (χ3n) is 3.82. The van der Waals surface area contributed by atoms with Crippen LogP contribution in [-0.4, -0.2) is 33.6 Å². The number of hydrogen-bond donors (Lipinski definition) is 0. The lowest BCUT2D eigenvalue weighted by molar-refractivity contribution is 0.564. The molecule has 5 heteroatoms. The summed E-state index contributed by atoms with van der Waals surface area (Å²) in [6.07, 6.45) is 3.82. The number of rotatable bonds is 4. The molecule has 2 heterocycles. The summed E-state index contributed by atoms with van der Waals surface area (Å²) in [5, 5.41) is 9.88. The molecule has 0 aliphatic carbocycles. The molecule has 4 nitrogen and oxygen atoms in total. The van der Waals surface area contributed by atoms with Crippen LogP contribution in [0.15, 0.2) is 29.4 Å². The van der Waals surface area contributed by atoms with Crippen molar-refractivity contribution in [2.24, 2.45) is 0 Å². The van der Waals surface area contributed by atoms with Gasteiger partial charge in [-0.05, 0) is 44.1 Å². The molecule has 2 aromatic rings. The summed E-state index contributed by atoms with van der Waals surface area (Å²) >= 11 is 1.75. The highest BCUT2D eigenvalue weighted by Crippen LogP contribution is 2.28. The monoisotopic (exact) mass is 302 g/mol. The van der Waals surface area contributed by atoms with E-state index in [1.807, 2.05) is 0 Å². The largest absolute Gasteiger partial charge is 0.341 e. The van der Waals surface area contributed by atoms with Gasteiger partial charge < -0.3 is 4.90 Å². The molecule has 0 spiro atoms. The average Bonchev–Trinajstić information content (AvgIpc) is 2.93. The van der Waals surface area contributed by atoms with Gasteiger partial charge in [0.2, 0.25) is 5.95 Å². The zero-order chi connectivity index (χ0) is 14.7. The zero-order valence-corrected chi connectivity index (χ0v) is 13.6. The van der Waals surface area contributed by atoms with Gasteiger partial charge >= 0.3 is 0 Å². The third kappa shape index (κ3) is 3.07. The molecule has 1 saturated heterocycles. The Balaban J connectivity index is 2.01. The topological polar surface area (TPSA) is 34.0 Å². The molecule has 0 atom stereocenters. The molecule has 1 aromatic heterocycles. The number of benzene rings is 1. The molecule has 0 radical (unpaired) electrons. The summed E-state index contributed by atoms with van der Waals surface area (Å²) in [5.74, 6) is 2.00. The van der Waals surface area contributed by atoms with Crippen LogP contribution in [-0.2, 0) is 0 Å². The Morgan fingerprint density at radius 1 is 1.05 bits per heavy atom. The first-order chi connectivity index (χ1) is 10.3. The van der Waals surface area contributed by atoms with Crippen molar-refractivity contribution in [2.75, 3.05) is 23.7 Å².